The summed E-state index contributed by atoms with van der Waals surface area (Å²) in [6.07, 6.45) is 5.75. The van der Waals surface area contributed by atoms with Crippen LogP contribution in [0.25, 0.3) is 0 Å². The van der Waals surface area contributed by atoms with Crippen molar-refractivity contribution in [3.05, 3.63) is 0 Å². The lowest BCUT2D eigenvalue weighted by molar-refractivity contribution is -0.143. The van der Waals surface area contributed by atoms with E-state index in [4.69, 9.17) is 0 Å². The molecule has 0 aromatic carbocycles. The molecule has 0 aromatic heterocycles. The fraction of sp³-hybridized carbons (Fsp3) is 0.889. The van der Waals surface area contributed by atoms with Crippen molar-refractivity contribution in [2.75, 3.05) is 13.7 Å². The Morgan fingerprint density at radius 3 is 2.83 bits per heavy atom. The molecule has 12 heavy (non-hydrogen) atoms. The molecule has 0 saturated carbocycles. The van der Waals surface area contributed by atoms with E-state index < -0.39 is 0 Å². The summed E-state index contributed by atoms with van der Waals surface area (Å²) in [7, 11) is 1.45. The van der Waals surface area contributed by atoms with Crippen molar-refractivity contribution in [3.8, 4) is 0 Å². The lowest BCUT2D eigenvalue weighted by atomic mass is 10.0. The lowest BCUT2D eigenvalue weighted by Gasteiger charge is -2.18. The first-order valence-corrected chi connectivity index (χ1v) is 4.66. The first kappa shape index (κ1) is 9.52. The van der Waals surface area contributed by atoms with Crippen LogP contribution in [0.3, 0.4) is 0 Å². The molecule has 0 amide bonds. The number of ether oxygens (including phenoxy) is 1. The maximum atomic E-state index is 11.1. The number of carbonyl (C=O) groups is 1. The lowest BCUT2D eigenvalue weighted by Crippen LogP contribution is -2.38. The first-order valence-electron chi connectivity index (χ1n) is 4.66. The standard InChI is InChI=1S/C9H17NO2/c1-12-9(11)8-6-4-2-3-5-7-10-8/h8,10H,2-7H2,1H3. The van der Waals surface area contributed by atoms with E-state index in [0.29, 0.717) is 0 Å². The second-order valence-corrected chi connectivity index (χ2v) is 3.23. The molecule has 0 spiro atoms. The fourth-order valence-electron chi connectivity index (χ4n) is 1.55. The van der Waals surface area contributed by atoms with Gasteiger partial charge in [-0.05, 0) is 19.4 Å². The fourth-order valence-corrected chi connectivity index (χ4v) is 1.55. The van der Waals surface area contributed by atoms with Crippen LogP contribution in [0.5, 0.6) is 0 Å². The molecular formula is C9H17NO2. The van der Waals surface area contributed by atoms with Crippen LogP contribution in [0.15, 0.2) is 0 Å². The molecule has 70 valence electrons. The van der Waals surface area contributed by atoms with Crippen LogP contribution in [0.2, 0.25) is 0 Å². The minimum Gasteiger partial charge on any atom is -0.468 e. The van der Waals surface area contributed by atoms with Crippen molar-refractivity contribution < 1.29 is 9.53 Å². The van der Waals surface area contributed by atoms with Crippen LogP contribution in [0, 0.1) is 0 Å². The Hall–Kier alpha value is -0.570. The molecule has 1 atom stereocenters. The van der Waals surface area contributed by atoms with Gasteiger partial charge < -0.3 is 10.1 Å². The third-order valence-corrected chi connectivity index (χ3v) is 2.30. The van der Waals surface area contributed by atoms with E-state index in [1.165, 1.54) is 26.4 Å². The van der Waals surface area contributed by atoms with E-state index in [2.05, 4.69) is 10.1 Å². The van der Waals surface area contributed by atoms with Crippen LogP contribution in [0.4, 0.5) is 0 Å². The molecule has 0 aromatic rings. The molecule has 1 heterocycles. The molecule has 1 rings (SSSR count). The van der Waals surface area contributed by atoms with Gasteiger partial charge in [-0.25, -0.2) is 0 Å². The highest BCUT2D eigenvalue weighted by atomic mass is 16.5. The van der Waals surface area contributed by atoms with Crippen LogP contribution in [0.1, 0.15) is 32.1 Å². The molecule has 0 aliphatic carbocycles. The molecule has 0 radical (unpaired) electrons. The summed E-state index contributed by atoms with van der Waals surface area (Å²) >= 11 is 0. The number of carbonyl (C=O) groups excluding carboxylic acids is 1. The van der Waals surface area contributed by atoms with Gasteiger partial charge in [0.15, 0.2) is 0 Å². The average molecular weight is 171 g/mol. The molecule has 1 N–H and O–H groups in total. The predicted molar refractivity (Wildman–Crippen MR) is 46.9 cm³/mol. The average Bonchev–Trinajstić information content (AvgIpc) is 2.02. The quantitative estimate of drug-likeness (QED) is 0.600. The molecule has 1 fully saturated rings. The third kappa shape index (κ3) is 2.81. The Balaban J connectivity index is 2.34. The Bertz CT molecular complexity index is 139. The zero-order chi connectivity index (χ0) is 8.81. The summed E-state index contributed by atoms with van der Waals surface area (Å²) in [5.41, 5.74) is 0. The number of esters is 1. The van der Waals surface area contributed by atoms with Gasteiger partial charge in [0, 0.05) is 0 Å². The second-order valence-electron chi connectivity index (χ2n) is 3.23. The zero-order valence-electron chi connectivity index (χ0n) is 7.64. The smallest absolute Gasteiger partial charge is 0.322 e. The van der Waals surface area contributed by atoms with Crippen molar-refractivity contribution in [3.63, 3.8) is 0 Å². The summed E-state index contributed by atoms with van der Waals surface area (Å²) < 4.78 is 4.68. The molecule has 1 aliphatic rings. The number of nitrogens with one attached hydrogen (secondary N) is 1. The third-order valence-electron chi connectivity index (χ3n) is 2.30. The molecular weight excluding hydrogens is 154 g/mol. The molecule has 3 heteroatoms. The molecule has 1 saturated heterocycles. The van der Waals surface area contributed by atoms with Crippen molar-refractivity contribution in [2.45, 2.75) is 38.1 Å². The van der Waals surface area contributed by atoms with Crippen LogP contribution >= 0.6 is 0 Å². The zero-order valence-corrected chi connectivity index (χ0v) is 7.64. The van der Waals surface area contributed by atoms with Crippen LogP contribution < -0.4 is 5.32 Å². The highest BCUT2D eigenvalue weighted by Gasteiger charge is 2.18. The minimum absolute atomic E-state index is 0.0599. The molecule has 3 nitrogen and oxygen atoms in total. The van der Waals surface area contributed by atoms with E-state index in [1.807, 2.05) is 0 Å². The normalized spacial score (nSPS) is 25.6. The van der Waals surface area contributed by atoms with Gasteiger partial charge in [-0.2, -0.15) is 0 Å². The Morgan fingerprint density at radius 1 is 1.33 bits per heavy atom. The summed E-state index contributed by atoms with van der Waals surface area (Å²) in [5.74, 6) is -0.114. The van der Waals surface area contributed by atoms with E-state index in [9.17, 15) is 4.79 Å². The monoisotopic (exact) mass is 171 g/mol. The number of rotatable bonds is 1. The summed E-state index contributed by atoms with van der Waals surface area (Å²) in [4.78, 5) is 11.1. The van der Waals surface area contributed by atoms with E-state index in [-0.39, 0.29) is 12.0 Å². The SMILES string of the molecule is COC(=O)C1CCCCCCN1. The first-order chi connectivity index (χ1) is 5.84. The van der Waals surface area contributed by atoms with Gasteiger partial charge in [-0.3, -0.25) is 4.79 Å². The van der Waals surface area contributed by atoms with Gasteiger partial charge >= 0.3 is 5.97 Å². The Labute approximate surface area is 73.5 Å². The molecule has 0 bridgehead atoms. The highest BCUT2D eigenvalue weighted by Crippen LogP contribution is 2.09. The molecule has 1 unspecified atom stereocenters. The van der Waals surface area contributed by atoms with Crippen molar-refractivity contribution in [1.29, 1.82) is 0 Å². The van der Waals surface area contributed by atoms with E-state index in [0.717, 1.165) is 19.4 Å². The predicted octanol–water partition coefficient (Wildman–Crippen LogP) is 1.08. The second kappa shape index (κ2) is 5.14. The van der Waals surface area contributed by atoms with Crippen molar-refractivity contribution >= 4 is 5.97 Å². The number of hydrogen-bond acceptors (Lipinski definition) is 3. The maximum Gasteiger partial charge on any atom is 0.322 e. The van der Waals surface area contributed by atoms with Crippen LogP contribution in [-0.2, 0) is 9.53 Å². The minimum atomic E-state index is -0.114. The largest absolute Gasteiger partial charge is 0.468 e. The van der Waals surface area contributed by atoms with Gasteiger partial charge in [0.05, 0.1) is 7.11 Å². The Morgan fingerprint density at radius 2 is 2.08 bits per heavy atom. The van der Waals surface area contributed by atoms with Gasteiger partial charge in [0.1, 0.15) is 6.04 Å². The number of methoxy groups -OCH3 is 1. The van der Waals surface area contributed by atoms with Gasteiger partial charge in [-0.15, -0.1) is 0 Å². The van der Waals surface area contributed by atoms with Crippen molar-refractivity contribution in [1.82, 2.24) is 5.32 Å². The van der Waals surface area contributed by atoms with E-state index in [1.54, 1.807) is 0 Å². The molecule has 1 aliphatic heterocycles. The van der Waals surface area contributed by atoms with E-state index >= 15 is 0 Å². The van der Waals surface area contributed by atoms with Gasteiger partial charge in [0.2, 0.25) is 0 Å². The summed E-state index contributed by atoms with van der Waals surface area (Å²) in [5, 5.41) is 3.20. The van der Waals surface area contributed by atoms with Gasteiger partial charge in [-0.1, -0.05) is 19.3 Å². The Kier molecular flexibility index (Phi) is 4.08. The summed E-state index contributed by atoms with van der Waals surface area (Å²) in [6.45, 7) is 0.944. The number of hydrogen-bond donors (Lipinski definition) is 1. The summed E-state index contributed by atoms with van der Waals surface area (Å²) in [6, 6.07) is -0.0599. The van der Waals surface area contributed by atoms with Gasteiger partial charge in [0.25, 0.3) is 0 Å². The van der Waals surface area contributed by atoms with Crippen molar-refractivity contribution in [2.24, 2.45) is 0 Å². The maximum absolute atomic E-state index is 11.1. The topological polar surface area (TPSA) is 38.3 Å². The van der Waals surface area contributed by atoms with Crippen LogP contribution in [-0.4, -0.2) is 25.7 Å². The highest BCUT2D eigenvalue weighted by molar-refractivity contribution is 5.75.